The van der Waals surface area contributed by atoms with Gasteiger partial charge < -0.3 is 10.3 Å². The number of hydrogen-bond donors (Lipinski definition) is 1. The number of carbonyl (C=O) groups excluding carboxylic acids is 1. The van der Waals surface area contributed by atoms with Crippen molar-refractivity contribution in [1.29, 1.82) is 0 Å². The Morgan fingerprint density at radius 3 is 2.64 bits per heavy atom. The zero-order valence-electron chi connectivity index (χ0n) is 12.1. The zero-order chi connectivity index (χ0) is 15.1. The predicted octanol–water partition coefficient (Wildman–Crippen LogP) is 2.97. The summed E-state index contributed by atoms with van der Waals surface area (Å²) in [6.07, 6.45) is 6.81. The molecule has 1 aliphatic carbocycles. The van der Waals surface area contributed by atoms with Gasteiger partial charge in [-0.2, -0.15) is 0 Å². The summed E-state index contributed by atoms with van der Waals surface area (Å²) < 4.78 is 2.09. The average molecular weight is 292 g/mol. The van der Waals surface area contributed by atoms with Gasteiger partial charge in [0.1, 0.15) is 17.8 Å². The number of nitrogens with zero attached hydrogens (tertiary/aromatic N) is 3. The Morgan fingerprint density at radius 1 is 1.18 bits per heavy atom. The van der Waals surface area contributed by atoms with Crippen LogP contribution in [0.25, 0.3) is 11.0 Å². The molecule has 5 nitrogen and oxygen atoms in total. The van der Waals surface area contributed by atoms with Crippen molar-refractivity contribution in [2.75, 3.05) is 5.73 Å². The summed E-state index contributed by atoms with van der Waals surface area (Å²) in [7, 11) is 0. The highest BCUT2D eigenvalue weighted by molar-refractivity contribution is 6.17. The molecule has 2 aromatic heterocycles. The summed E-state index contributed by atoms with van der Waals surface area (Å²) in [5.74, 6) is 0.326. The molecule has 2 heterocycles. The molecule has 1 saturated carbocycles. The third-order valence-electron chi connectivity index (χ3n) is 4.39. The van der Waals surface area contributed by atoms with Gasteiger partial charge in [0.25, 0.3) is 0 Å². The van der Waals surface area contributed by atoms with Crippen LogP contribution in [0, 0.1) is 0 Å². The minimum atomic E-state index is -0.0369. The van der Waals surface area contributed by atoms with Crippen LogP contribution in [0.5, 0.6) is 0 Å². The Bertz CT molecular complexity index is 850. The van der Waals surface area contributed by atoms with Crippen LogP contribution in [-0.2, 0) is 0 Å². The molecule has 0 spiro atoms. The van der Waals surface area contributed by atoms with Crippen molar-refractivity contribution in [1.82, 2.24) is 14.5 Å². The van der Waals surface area contributed by atoms with Crippen molar-refractivity contribution in [3.05, 3.63) is 54.0 Å². The Hall–Kier alpha value is -2.69. The normalized spacial score (nSPS) is 14.9. The van der Waals surface area contributed by atoms with Crippen molar-refractivity contribution >= 4 is 22.6 Å². The van der Waals surface area contributed by atoms with E-state index in [0.717, 1.165) is 18.5 Å². The van der Waals surface area contributed by atoms with Gasteiger partial charge in [0, 0.05) is 17.8 Å². The number of nitrogen functional groups attached to an aromatic ring is 1. The quantitative estimate of drug-likeness (QED) is 0.753. The molecule has 0 bridgehead atoms. The van der Waals surface area contributed by atoms with Crippen LogP contribution < -0.4 is 5.73 Å². The zero-order valence-corrected chi connectivity index (χ0v) is 12.1. The lowest BCUT2D eigenvalue weighted by Crippen LogP contribution is -2.16. The minimum absolute atomic E-state index is 0.0369. The molecule has 110 valence electrons. The van der Waals surface area contributed by atoms with Crippen molar-refractivity contribution in [3.63, 3.8) is 0 Å². The number of anilines is 1. The van der Waals surface area contributed by atoms with Gasteiger partial charge in [0.05, 0.1) is 10.9 Å². The standard InChI is InChI=1S/C17H16N4O/c18-16-14-13(15(22)11-5-2-1-3-6-11)9-21(12-7-4-8-12)17(14)20-10-19-16/h1-3,5-6,9-10,12H,4,7-8H2,(H2,18,19,20). The molecule has 22 heavy (non-hydrogen) atoms. The number of benzene rings is 1. The predicted molar refractivity (Wildman–Crippen MR) is 84.7 cm³/mol. The molecule has 4 rings (SSSR count). The number of nitrogens with two attached hydrogens (primary N) is 1. The third kappa shape index (κ3) is 1.89. The maximum atomic E-state index is 12.8. The Kier molecular flexibility index (Phi) is 2.92. The average Bonchev–Trinajstić information content (AvgIpc) is 2.87. The van der Waals surface area contributed by atoms with Gasteiger partial charge >= 0.3 is 0 Å². The first-order chi connectivity index (χ1) is 10.8. The van der Waals surface area contributed by atoms with Crippen LogP contribution in [0.2, 0.25) is 0 Å². The van der Waals surface area contributed by atoms with Gasteiger partial charge in [-0.1, -0.05) is 30.3 Å². The van der Waals surface area contributed by atoms with Crippen molar-refractivity contribution < 1.29 is 4.79 Å². The van der Waals surface area contributed by atoms with E-state index >= 15 is 0 Å². The molecule has 2 N–H and O–H groups in total. The van der Waals surface area contributed by atoms with Gasteiger partial charge in [0.2, 0.25) is 0 Å². The van der Waals surface area contributed by atoms with Crippen LogP contribution in [0.4, 0.5) is 5.82 Å². The Balaban J connectivity index is 1.92. The molecule has 0 radical (unpaired) electrons. The van der Waals surface area contributed by atoms with Gasteiger partial charge in [0.15, 0.2) is 5.78 Å². The van der Waals surface area contributed by atoms with E-state index in [1.807, 2.05) is 36.5 Å². The van der Waals surface area contributed by atoms with Crippen LogP contribution in [0.1, 0.15) is 41.2 Å². The van der Waals surface area contributed by atoms with E-state index in [-0.39, 0.29) is 5.78 Å². The maximum Gasteiger partial charge on any atom is 0.195 e. The van der Waals surface area contributed by atoms with E-state index in [1.165, 1.54) is 12.7 Å². The second-order valence-electron chi connectivity index (χ2n) is 5.69. The summed E-state index contributed by atoms with van der Waals surface area (Å²) in [5.41, 5.74) is 8.03. The van der Waals surface area contributed by atoms with Crippen LogP contribution >= 0.6 is 0 Å². The lowest BCUT2D eigenvalue weighted by Gasteiger charge is -2.27. The first-order valence-electron chi connectivity index (χ1n) is 7.46. The molecule has 0 saturated heterocycles. The molecular formula is C17H16N4O. The van der Waals surface area contributed by atoms with Crippen LogP contribution in [-0.4, -0.2) is 20.3 Å². The van der Waals surface area contributed by atoms with E-state index in [2.05, 4.69) is 14.5 Å². The fourth-order valence-corrected chi connectivity index (χ4v) is 2.97. The summed E-state index contributed by atoms with van der Waals surface area (Å²) in [6, 6.07) is 9.65. The van der Waals surface area contributed by atoms with Gasteiger partial charge in [-0.3, -0.25) is 4.79 Å². The number of fused-ring (bicyclic) bond motifs is 1. The van der Waals surface area contributed by atoms with E-state index in [0.29, 0.717) is 28.4 Å². The first kappa shape index (κ1) is 13.0. The minimum Gasteiger partial charge on any atom is -0.383 e. The topological polar surface area (TPSA) is 73.8 Å². The number of rotatable bonds is 3. The second-order valence-corrected chi connectivity index (χ2v) is 5.69. The number of aromatic nitrogens is 3. The lowest BCUT2D eigenvalue weighted by molar-refractivity contribution is 0.104. The fraction of sp³-hybridized carbons (Fsp3) is 0.235. The Morgan fingerprint density at radius 2 is 1.95 bits per heavy atom. The number of carbonyl (C=O) groups is 1. The monoisotopic (exact) mass is 292 g/mol. The highest BCUT2D eigenvalue weighted by Crippen LogP contribution is 2.36. The van der Waals surface area contributed by atoms with E-state index in [4.69, 9.17) is 5.73 Å². The molecular weight excluding hydrogens is 276 g/mol. The van der Waals surface area contributed by atoms with E-state index < -0.39 is 0 Å². The summed E-state index contributed by atoms with van der Waals surface area (Å²) >= 11 is 0. The van der Waals surface area contributed by atoms with E-state index in [9.17, 15) is 4.79 Å². The molecule has 0 amide bonds. The SMILES string of the molecule is Nc1ncnc2c1c(C(=O)c1ccccc1)cn2C1CCC1. The highest BCUT2D eigenvalue weighted by Gasteiger charge is 2.26. The smallest absolute Gasteiger partial charge is 0.195 e. The van der Waals surface area contributed by atoms with Gasteiger partial charge in [-0.25, -0.2) is 9.97 Å². The summed E-state index contributed by atoms with van der Waals surface area (Å²) in [4.78, 5) is 21.3. The third-order valence-corrected chi connectivity index (χ3v) is 4.39. The highest BCUT2D eigenvalue weighted by atomic mass is 16.1. The molecule has 0 aliphatic heterocycles. The van der Waals surface area contributed by atoms with Crippen molar-refractivity contribution in [2.45, 2.75) is 25.3 Å². The molecule has 1 fully saturated rings. The van der Waals surface area contributed by atoms with Crippen molar-refractivity contribution in [2.24, 2.45) is 0 Å². The molecule has 3 aromatic rings. The summed E-state index contributed by atoms with van der Waals surface area (Å²) in [5, 5.41) is 0.670. The van der Waals surface area contributed by atoms with Crippen molar-refractivity contribution in [3.8, 4) is 0 Å². The molecule has 1 aromatic carbocycles. The second kappa shape index (κ2) is 4.94. The van der Waals surface area contributed by atoms with Gasteiger partial charge in [-0.15, -0.1) is 0 Å². The largest absolute Gasteiger partial charge is 0.383 e. The summed E-state index contributed by atoms with van der Waals surface area (Å²) in [6.45, 7) is 0. The Labute approximate surface area is 127 Å². The number of ketones is 1. The van der Waals surface area contributed by atoms with Gasteiger partial charge in [-0.05, 0) is 19.3 Å². The molecule has 5 heteroatoms. The lowest BCUT2D eigenvalue weighted by atomic mass is 9.93. The van der Waals surface area contributed by atoms with E-state index in [1.54, 1.807) is 0 Å². The fourth-order valence-electron chi connectivity index (χ4n) is 2.97. The molecule has 0 atom stereocenters. The molecule has 1 aliphatic rings. The molecule has 0 unspecified atom stereocenters. The maximum absolute atomic E-state index is 12.8. The van der Waals surface area contributed by atoms with Crippen LogP contribution in [0.3, 0.4) is 0 Å². The first-order valence-corrected chi connectivity index (χ1v) is 7.46. The number of hydrogen-bond acceptors (Lipinski definition) is 4. The van der Waals surface area contributed by atoms with Crippen LogP contribution in [0.15, 0.2) is 42.9 Å².